The van der Waals surface area contributed by atoms with Crippen LogP contribution in [0.2, 0.25) is 0 Å². The van der Waals surface area contributed by atoms with Crippen LogP contribution >= 0.6 is 11.8 Å². The van der Waals surface area contributed by atoms with E-state index in [0.29, 0.717) is 5.25 Å². The number of allylic oxidation sites excluding steroid dienone is 1. The highest BCUT2D eigenvalue weighted by Crippen LogP contribution is 2.24. The molecule has 0 amide bonds. The molecule has 10 heavy (non-hydrogen) atoms. The summed E-state index contributed by atoms with van der Waals surface area (Å²) in [4.78, 5) is 0. The zero-order chi connectivity index (χ0) is 7.56. The van der Waals surface area contributed by atoms with Gasteiger partial charge in [0.15, 0.2) is 0 Å². The first-order valence-corrected chi connectivity index (χ1v) is 4.50. The predicted octanol–water partition coefficient (Wildman–Crippen LogP) is 1.23. The second kappa shape index (κ2) is 3.03. The lowest BCUT2D eigenvalue weighted by atomic mass is 10.2. The standard InChI is InChI=1S/C8H11NS/c1-4-7-8(10-3)5-6(2)9-7/h1,7-9H,2,5H2,3H3. The first-order chi connectivity index (χ1) is 4.77. The zero-order valence-corrected chi connectivity index (χ0v) is 6.87. The molecular weight excluding hydrogens is 142 g/mol. The molecule has 0 aromatic carbocycles. The predicted molar refractivity (Wildman–Crippen MR) is 46.8 cm³/mol. The van der Waals surface area contributed by atoms with Crippen LogP contribution in [0.25, 0.3) is 0 Å². The van der Waals surface area contributed by atoms with Crippen LogP contribution in [0.5, 0.6) is 0 Å². The van der Waals surface area contributed by atoms with Gasteiger partial charge in [-0.05, 0) is 6.26 Å². The van der Waals surface area contributed by atoms with Gasteiger partial charge in [0.1, 0.15) is 0 Å². The van der Waals surface area contributed by atoms with Crippen molar-refractivity contribution in [2.75, 3.05) is 6.26 Å². The van der Waals surface area contributed by atoms with Crippen LogP contribution in [-0.4, -0.2) is 17.5 Å². The van der Waals surface area contributed by atoms with E-state index in [-0.39, 0.29) is 6.04 Å². The molecule has 1 aliphatic rings. The molecule has 0 aromatic heterocycles. The van der Waals surface area contributed by atoms with E-state index in [0.717, 1.165) is 12.1 Å². The van der Waals surface area contributed by atoms with E-state index < -0.39 is 0 Å². The molecule has 1 N–H and O–H groups in total. The summed E-state index contributed by atoms with van der Waals surface area (Å²) >= 11 is 1.80. The van der Waals surface area contributed by atoms with Gasteiger partial charge in [0.25, 0.3) is 0 Å². The minimum absolute atomic E-state index is 0.197. The Morgan fingerprint density at radius 2 is 2.60 bits per heavy atom. The fourth-order valence-electron chi connectivity index (χ4n) is 1.10. The van der Waals surface area contributed by atoms with Gasteiger partial charge in [0.2, 0.25) is 0 Å². The summed E-state index contributed by atoms with van der Waals surface area (Å²) in [5, 5.41) is 3.68. The number of hydrogen-bond acceptors (Lipinski definition) is 2. The van der Waals surface area contributed by atoms with E-state index in [2.05, 4.69) is 24.1 Å². The topological polar surface area (TPSA) is 12.0 Å². The van der Waals surface area contributed by atoms with Gasteiger partial charge in [-0.2, -0.15) is 11.8 Å². The van der Waals surface area contributed by atoms with Crippen molar-refractivity contribution < 1.29 is 0 Å². The number of hydrogen-bond donors (Lipinski definition) is 1. The van der Waals surface area contributed by atoms with Crippen molar-refractivity contribution in [2.45, 2.75) is 17.7 Å². The molecule has 1 heterocycles. The Morgan fingerprint density at radius 3 is 3.00 bits per heavy atom. The Labute approximate surface area is 66.3 Å². The van der Waals surface area contributed by atoms with E-state index in [9.17, 15) is 0 Å². The normalized spacial score (nSPS) is 31.4. The van der Waals surface area contributed by atoms with Gasteiger partial charge < -0.3 is 5.32 Å². The summed E-state index contributed by atoms with van der Waals surface area (Å²) in [5.74, 6) is 2.70. The molecule has 0 bridgehead atoms. The maximum Gasteiger partial charge on any atom is 0.0995 e. The molecule has 2 atom stereocenters. The summed E-state index contributed by atoms with van der Waals surface area (Å²) < 4.78 is 0. The minimum atomic E-state index is 0.197. The van der Waals surface area contributed by atoms with Crippen molar-refractivity contribution in [1.29, 1.82) is 0 Å². The largest absolute Gasteiger partial charge is 0.374 e. The number of rotatable bonds is 1. The van der Waals surface area contributed by atoms with Crippen LogP contribution in [0.4, 0.5) is 0 Å². The maximum atomic E-state index is 5.30. The third-order valence-electron chi connectivity index (χ3n) is 1.66. The molecule has 0 radical (unpaired) electrons. The lowest BCUT2D eigenvalue weighted by Gasteiger charge is -2.09. The quantitative estimate of drug-likeness (QED) is 0.569. The van der Waals surface area contributed by atoms with Gasteiger partial charge in [-0.15, -0.1) is 6.42 Å². The van der Waals surface area contributed by atoms with E-state index in [1.54, 1.807) is 11.8 Å². The third-order valence-corrected chi connectivity index (χ3v) is 2.71. The zero-order valence-electron chi connectivity index (χ0n) is 6.05. The Balaban J connectivity index is 2.59. The molecule has 2 unspecified atom stereocenters. The van der Waals surface area contributed by atoms with Crippen molar-refractivity contribution in [3.05, 3.63) is 12.3 Å². The fourth-order valence-corrected chi connectivity index (χ4v) is 1.89. The van der Waals surface area contributed by atoms with Crippen LogP contribution in [-0.2, 0) is 0 Å². The first kappa shape index (κ1) is 7.56. The first-order valence-electron chi connectivity index (χ1n) is 3.21. The van der Waals surface area contributed by atoms with Crippen LogP contribution < -0.4 is 5.32 Å². The average Bonchev–Trinajstić information content (AvgIpc) is 2.30. The summed E-state index contributed by atoms with van der Waals surface area (Å²) in [6.07, 6.45) is 8.38. The second-order valence-electron chi connectivity index (χ2n) is 2.37. The summed E-state index contributed by atoms with van der Waals surface area (Å²) in [7, 11) is 0. The van der Waals surface area contributed by atoms with E-state index in [1.165, 1.54) is 0 Å². The van der Waals surface area contributed by atoms with Crippen LogP contribution in [0.1, 0.15) is 6.42 Å². The smallest absolute Gasteiger partial charge is 0.0995 e. The second-order valence-corrected chi connectivity index (χ2v) is 3.45. The monoisotopic (exact) mass is 153 g/mol. The molecule has 0 saturated carbocycles. The van der Waals surface area contributed by atoms with Gasteiger partial charge in [-0.3, -0.25) is 0 Å². The molecule has 1 aliphatic heterocycles. The number of terminal acetylenes is 1. The number of thioether (sulfide) groups is 1. The maximum absolute atomic E-state index is 5.30. The third kappa shape index (κ3) is 1.30. The molecule has 1 nitrogen and oxygen atoms in total. The lowest BCUT2D eigenvalue weighted by Crippen LogP contribution is -2.25. The highest BCUT2D eigenvalue weighted by Gasteiger charge is 2.25. The molecule has 0 spiro atoms. The Kier molecular flexibility index (Phi) is 2.29. The van der Waals surface area contributed by atoms with Crippen molar-refractivity contribution in [3.63, 3.8) is 0 Å². The molecule has 1 saturated heterocycles. The van der Waals surface area contributed by atoms with Crippen LogP contribution in [0, 0.1) is 12.3 Å². The molecule has 0 aromatic rings. The Morgan fingerprint density at radius 1 is 1.90 bits per heavy atom. The summed E-state index contributed by atoms with van der Waals surface area (Å²) in [6, 6.07) is 0.197. The van der Waals surface area contributed by atoms with Crippen LogP contribution in [0.15, 0.2) is 12.3 Å². The van der Waals surface area contributed by atoms with Crippen molar-refractivity contribution >= 4 is 11.8 Å². The number of nitrogens with one attached hydrogen (secondary N) is 1. The van der Waals surface area contributed by atoms with E-state index in [4.69, 9.17) is 6.42 Å². The fraction of sp³-hybridized carbons (Fsp3) is 0.500. The molecule has 0 aliphatic carbocycles. The SMILES string of the molecule is C#CC1NC(=C)CC1SC. The molecule has 1 fully saturated rings. The Bertz CT molecular complexity index is 180. The Hall–Kier alpha value is -0.550. The summed E-state index contributed by atoms with van der Waals surface area (Å²) in [6.45, 7) is 3.83. The van der Waals surface area contributed by atoms with Crippen molar-refractivity contribution in [2.24, 2.45) is 0 Å². The molecule has 1 rings (SSSR count). The molecular formula is C8H11NS. The van der Waals surface area contributed by atoms with Crippen LogP contribution in [0.3, 0.4) is 0 Å². The lowest BCUT2D eigenvalue weighted by molar-refractivity contribution is 0.787. The summed E-state index contributed by atoms with van der Waals surface area (Å²) in [5.41, 5.74) is 1.07. The van der Waals surface area contributed by atoms with E-state index >= 15 is 0 Å². The average molecular weight is 153 g/mol. The van der Waals surface area contributed by atoms with E-state index in [1.807, 2.05) is 0 Å². The van der Waals surface area contributed by atoms with Gasteiger partial charge in [-0.25, -0.2) is 0 Å². The van der Waals surface area contributed by atoms with Gasteiger partial charge in [0.05, 0.1) is 6.04 Å². The highest BCUT2D eigenvalue weighted by atomic mass is 32.2. The molecule has 54 valence electrons. The van der Waals surface area contributed by atoms with Gasteiger partial charge >= 0.3 is 0 Å². The van der Waals surface area contributed by atoms with Gasteiger partial charge in [-0.1, -0.05) is 12.5 Å². The molecule has 2 heteroatoms. The highest BCUT2D eigenvalue weighted by molar-refractivity contribution is 7.99. The van der Waals surface area contributed by atoms with Gasteiger partial charge in [0, 0.05) is 17.4 Å². The van der Waals surface area contributed by atoms with Crippen molar-refractivity contribution in [3.8, 4) is 12.3 Å². The van der Waals surface area contributed by atoms with Crippen molar-refractivity contribution in [1.82, 2.24) is 5.32 Å². The minimum Gasteiger partial charge on any atom is -0.374 e.